The molecule has 12 nitrogen and oxygen atoms in total. The lowest BCUT2D eigenvalue weighted by Gasteiger charge is -2.40. The van der Waals surface area contributed by atoms with Gasteiger partial charge in [0.15, 0.2) is 11.6 Å². The van der Waals surface area contributed by atoms with Crippen LogP contribution in [-0.2, 0) is 41.5 Å². The molecule has 2 aliphatic carbocycles. The van der Waals surface area contributed by atoms with Crippen LogP contribution < -0.4 is 20.9 Å². The summed E-state index contributed by atoms with van der Waals surface area (Å²) in [6, 6.07) is 25.3. The number of ether oxygens (including phenoxy) is 4. The molecule has 2 aliphatic rings. The number of nitrogens with two attached hydrogens (primary N) is 2. The fourth-order valence-corrected chi connectivity index (χ4v) is 8.78. The second kappa shape index (κ2) is 24.2. The van der Waals surface area contributed by atoms with Crippen molar-refractivity contribution in [3.8, 4) is 11.5 Å². The van der Waals surface area contributed by atoms with E-state index in [0.29, 0.717) is 59.3 Å². The number of benzene rings is 4. The molecule has 0 saturated heterocycles. The summed E-state index contributed by atoms with van der Waals surface area (Å²) in [5.74, 6) is -3.39. The fraction of sp³-hybridized carbons (Fsp3) is 0.396. The van der Waals surface area contributed by atoms with Crippen LogP contribution in [0.15, 0.2) is 109 Å². The van der Waals surface area contributed by atoms with E-state index >= 15 is 0 Å². The van der Waals surface area contributed by atoms with Crippen LogP contribution in [0.5, 0.6) is 11.5 Å². The summed E-state index contributed by atoms with van der Waals surface area (Å²) in [7, 11) is 0. The molecule has 0 spiro atoms. The topological polar surface area (TPSA) is 198 Å². The Balaban J connectivity index is 1.14. The van der Waals surface area contributed by atoms with Crippen molar-refractivity contribution in [2.45, 2.75) is 101 Å². The minimum absolute atomic E-state index is 0.177. The van der Waals surface area contributed by atoms with Crippen LogP contribution in [0.3, 0.4) is 0 Å². The standard InChI is InChI=1S/C53H56F6N2O10/c54-52(55,56)31-68-41-23-11-37(12-24-41)49(66)70-43-19-5-33(6-20-43)9-27-45(62)47(64)51(29-35-1-15-39(60)16-2-35,30-36-3-17-40(61)18-4-36)48(65)46(63)28-10-34-7-21-44(22-8-34)71-50(67)38-13-25-42(26-14-38)69-32-53(57,58)59/h1-10,15-22,27-28,37-38,41-42,47-48,64-65H,11-14,23-26,29-32,60-61H2/b27-9+,28-10+. The number of ketones is 2. The van der Waals surface area contributed by atoms with Crippen LogP contribution in [0.2, 0.25) is 0 Å². The Hall–Kier alpha value is -6.34. The molecule has 6 N–H and O–H groups in total. The van der Waals surface area contributed by atoms with Gasteiger partial charge < -0.3 is 40.6 Å². The third-order valence-corrected chi connectivity index (χ3v) is 12.7. The highest BCUT2D eigenvalue weighted by atomic mass is 19.4. The molecule has 6 rings (SSSR count). The van der Waals surface area contributed by atoms with Crippen LogP contribution in [0.4, 0.5) is 37.7 Å². The number of nitrogen functional groups attached to an aromatic ring is 2. The first-order valence-electron chi connectivity index (χ1n) is 23.1. The maximum atomic E-state index is 14.1. The molecule has 0 aromatic heterocycles. The van der Waals surface area contributed by atoms with Gasteiger partial charge in [-0.15, -0.1) is 0 Å². The SMILES string of the molecule is Nc1ccc(CC(Cc2ccc(N)cc2)(C(O)C(=O)/C=C/c2ccc(OC(=O)C3CCC(OCC(F)(F)F)CC3)cc2)C(O)C(=O)/C=C/c2ccc(OC(=O)C3CCC(OCC(F)(F)F)CC3)cc2)cc1. The molecule has 0 heterocycles. The molecule has 0 radical (unpaired) electrons. The number of hydrogen-bond acceptors (Lipinski definition) is 12. The summed E-state index contributed by atoms with van der Waals surface area (Å²) in [6.45, 7) is -2.69. The van der Waals surface area contributed by atoms with E-state index in [2.05, 4.69) is 0 Å². The van der Waals surface area contributed by atoms with Crippen molar-refractivity contribution in [3.63, 3.8) is 0 Å². The minimum Gasteiger partial charge on any atom is -0.426 e. The highest BCUT2D eigenvalue weighted by molar-refractivity contribution is 6.01. The zero-order chi connectivity index (χ0) is 51.3. The van der Waals surface area contributed by atoms with E-state index in [9.17, 15) is 55.7 Å². The van der Waals surface area contributed by atoms with Gasteiger partial charge in [-0.2, -0.15) is 26.3 Å². The first kappa shape index (κ1) is 54.0. The van der Waals surface area contributed by atoms with E-state index in [4.69, 9.17) is 30.4 Å². The van der Waals surface area contributed by atoms with Crippen molar-refractivity contribution in [1.29, 1.82) is 0 Å². The van der Waals surface area contributed by atoms with Crippen molar-refractivity contribution in [3.05, 3.63) is 131 Å². The van der Waals surface area contributed by atoms with Gasteiger partial charge in [0.1, 0.15) is 36.9 Å². The average Bonchev–Trinajstić information content (AvgIpc) is 3.35. The lowest BCUT2D eigenvalue weighted by atomic mass is 9.66. The largest absolute Gasteiger partial charge is 0.426 e. The normalized spacial score (nSPS) is 19.8. The van der Waals surface area contributed by atoms with Crippen molar-refractivity contribution in [1.82, 2.24) is 0 Å². The first-order chi connectivity index (χ1) is 33.6. The Morgan fingerprint density at radius 1 is 0.521 bits per heavy atom. The van der Waals surface area contributed by atoms with Gasteiger partial charge in [-0.1, -0.05) is 60.7 Å². The molecular weight excluding hydrogens is 939 g/mol. The van der Waals surface area contributed by atoms with Gasteiger partial charge in [0, 0.05) is 16.8 Å². The quantitative estimate of drug-likeness (QED) is 0.0216. The van der Waals surface area contributed by atoms with Gasteiger partial charge in [-0.05, 0) is 147 Å². The van der Waals surface area contributed by atoms with Crippen molar-refractivity contribution < 1.29 is 74.7 Å². The zero-order valence-electron chi connectivity index (χ0n) is 38.6. The molecule has 4 aromatic rings. The van der Waals surface area contributed by atoms with E-state index in [-0.39, 0.29) is 50.0 Å². The number of aliphatic hydroxyl groups excluding tert-OH is 2. The van der Waals surface area contributed by atoms with E-state index in [1.165, 1.54) is 36.4 Å². The molecule has 18 heteroatoms. The van der Waals surface area contributed by atoms with Gasteiger partial charge in [-0.3, -0.25) is 19.2 Å². The highest BCUT2D eigenvalue weighted by Gasteiger charge is 2.49. The summed E-state index contributed by atoms with van der Waals surface area (Å²) in [5.41, 5.74) is 12.9. The minimum atomic E-state index is -4.44. The van der Waals surface area contributed by atoms with Crippen LogP contribution in [-0.4, -0.2) is 83.7 Å². The van der Waals surface area contributed by atoms with Crippen LogP contribution in [0, 0.1) is 17.3 Å². The van der Waals surface area contributed by atoms with Crippen molar-refractivity contribution >= 4 is 47.0 Å². The summed E-state index contributed by atoms with van der Waals surface area (Å²) in [4.78, 5) is 54.0. The number of rotatable bonds is 20. The number of carbonyl (C=O) groups excluding carboxylic acids is 4. The molecule has 0 amide bonds. The van der Waals surface area contributed by atoms with Gasteiger partial charge in [0.25, 0.3) is 0 Å². The third-order valence-electron chi connectivity index (χ3n) is 12.7. The number of anilines is 2. The smallest absolute Gasteiger partial charge is 0.411 e. The maximum Gasteiger partial charge on any atom is 0.411 e. The molecule has 4 aromatic carbocycles. The van der Waals surface area contributed by atoms with Gasteiger partial charge in [0.05, 0.1) is 24.0 Å². The summed E-state index contributed by atoms with van der Waals surface area (Å²) < 4.78 is 96.3. The maximum absolute atomic E-state index is 14.1. The summed E-state index contributed by atoms with van der Waals surface area (Å²) in [5, 5.41) is 24.3. The van der Waals surface area contributed by atoms with Crippen LogP contribution in [0.25, 0.3) is 12.2 Å². The molecule has 71 heavy (non-hydrogen) atoms. The van der Waals surface area contributed by atoms with E-state index in [0.717, 1.165) is 12.2 Å². The second-order valence-electron chi connectivity index (χ2n) is 18.1. The predicted octanol–water partition coefficient (Wildman–Crippen LogP) is 9.00. The number of esters is 2. The van der Waals surface area contributed by atoms with Gasteiger partial charge in [0.2, 0.25) is 0 Å². The van der Waals surface area contributed by atoms with Gasteiger partial charge in [-0.25, -0.2) is 0 Å². The number of aliphatic hydroxyl groups is 2. The van der Waals surface area contributed by atoms with Gasteiger partial charge >= 0.3 is 24.3 Å². The summed E-state index contributed by atoms with van der Waals surface area (Å²) in [6.07, 6.45) is -6.97. The molecule has 0 aliphatic heterocycles. The molecule has 2 fully saturated rings. The molecule has 2 atom stereocenters. The van der Waals surface area contributed by atoms with Crippen molar-refractivity contribution in [2.24, 2.45) is 17.3 Å². The molecule has 0 bridgehead atoms. The summed E-state index contributed by atoms with van der Waals surface area (Å²) >= 11 is 0. The number of alkyl halides is 6. The van der Waals surface area contributed by atoms with Crippen LogP contribution in [0.1, 0.15) is 73.6 Å². The van der Waals surface area contributed by atoms with Crippen LogP contribution >= 0.6 is 0 Å². The Labute approximate surface area is 406 Å². The molecule has 380 valence electrons. The molecule has 2 saturated carbocycles. The average molecular weight is 995 g/mol. The fourth-order valence-electron chi connectivity index (χ4n) is 8.78. The Bertz CT molecular complexity index is 2290. The number of carbonyl (C=O) groups is 4. The number of hydrogen-bond donors (Lipinski definition) is 4. The van der Waals surface area contributed by atoms with E-state index in [1.807, 2.05) is 0 Å². The Morgan fingerprint density at radius 3 is 1.15 bits per heavy atom. The second-order valence-corrected chi connectivity index (χ2v) is 18.1. The Kier molecular flexibility index (Phi) is 18.4. The number of halogens is 6. The third kappa shape index (κ3) is 16.4. The zero-order valence-corrected chi connectivity index (χ0v) is 38.6. The van der Waals surface area contributed by atoms with E-state index in [1.54, 1.807) is 72.8 Å². The predicted molar refractivity (Wildman–Crippen MR) is 251 cm³/mol. The molecule has 2 unspecified atom stereocenters. The lowest BCUT2D eigenvalue weighted by molar-refractivity contribution is -0.189. The molecular formula is C53H56F6N2O10. The monoisotopic (exact) mass is 994 g/mol. The first-order valence-corrected chi connectivity index (χ1v) is 23.1. The van der Waals surface area contributed by atoms with E-state index < -0.39 is 90.7 Å². The lowest BCUT2D eigenvalue weighted by Crippen LogP contribution is -2.54. The Morgan fingerprint density at radius 2 is 0.845 bits per heavy atom. The highest BCUT2D eigenvalue weighted by Crippen LogP contribution is 2.39. The van der Waals surface area contributed by atoms with Crippen molar-refractivity contribution in [2.75, 3.05) is 24.7 Å².